The van der Waals surface area contributed by atoms with E-state index in [1.165, 1.54) is 7.11 Å². The number of rotatable bonds is 3. The molecule has 0 aliphatic carbocycles. The molecule has 0 radical (unpaired) electrons. The summed E-state index contributed by atoms with van der Waals surface area (Å²) in [4.78, 5) is 18.3. The monoisotopic (exact) mass is 284 g/mol. The molecule has 6 heteroatoms. The van der Waals surface area contributed by atoms with Gasteiger partial charge in [0.1, 0.15) is 5.56 Å². The predicted molar refractivity (Wildman–Crippen MR) is 71.7 cm³/mol. The molecule has 2 unspecified atom stereocenters. The summed E-state index contributed by atoms with van der Waals surface area (Å²) < 4.78 is 10.8. The van der Waals surface area contributed by atoms with Crippen LogP contribution < -0.4 is 4.74 Å². The number of pyridine rings is 1. The first kappa shape index (κ1) is 14.1. The van der Waals surface area contributed by atoms with E-state index in [2.05, 4.69) is 4.98 Å². The van der Waals surface area contributed by atoms with E-state index in [0.717, 1.165) is 0 Å². The number of aromatic nitrogens is 1. The summed E-state index contributed by atoms with van der Waals surface area (Å²) in [5, 5.41) is 0. The average molecular weight is 285 g/mol. The first-order valence-electron chi connectivity index (χ1n) is 6.15. The van der Waals surface area contributed by atoms with E-state index in [4.69, 9.17) is 21.1 Å². The molecule has 0 bridgehead atoms. The van der Waals surface area contributed by atoms with E-state index in [1.807, 2.05) is 6.92 Å². The van der Waals surface area contributed by atoms with Crippen LogP contribution in [0.1, 0.15) is 17.3 Å². The number of amides is 1. The summed E-state index contributed by atoms with van der Waals surface area (Å²) in [5.41, 5.74) is 0.465. The number of methoxy groups -OCH3 is 1. The Morgan fingerprint density at radius 2 is 2.42 bits per heavy atom. The zero-order valence-corrected chi connectivity index (χ0v) is 11.8. The number of alkyl halides is 1. The second-order valence-corrected chi connectivity index (χ2v) is 4.80. The van der Waals surface area contributed by atoms with Crippen LogP contribution in [0.3, 0.4) is 0 Å². The Kier molecular flexibility index (Phi) is 4.61. The topological polar surface area (TPSA) is 51.7 Å². The van der Waals surface area contributed by atoms with E-state index in [9.17, 15) is 4.79 Å². The summed E-state index contributed by atoms with van der Waals surface area (Å²) in [5.74, 6) is 0.613. The number of carbonyl (C=O) groups is 1. The average Bonchev–Trinajstić information content (AvgIpc) is 2.45. The Hall–Kier alpha value is -1.33. The number of hydrogen-bond donors (Lipinski definition) is 0. The molecule has 0 saturated carbocycles. The lowest BCUT2D eigenvalue weighted by Gasteiger charge is -2.36. The van der Waals surface area contributed by atoms with E-state index in [1.54, 1.807) is 23.2 Å². The van der Waals surface area contributed by atoms with Gasteiger partial charge >= 0.3 is 0 Å². The van der Waals surface area contributed by atoms with Crippen molar-refractivity contribution >= 4 is 17.5 Å². The van der Waals surface area contributed by atoms with Crippen molar-refractivity contribution < 1.29 is 14.3 Å². The van der Waals surface area contributed by atoms with Gasteiger partial charge in [0.2, 0.25) is 5.88 Å². The van der Waals surface area contributed by atoms with Crippen molar-refractivity contribution in [2.24, 2.45) is 0 Å². The minimum Gasteiger partial charge on any atom is -0.480 e. The van der Waals surface area contributed by atoms with Crippen LogP contribution in [0.25, 0.3) is 0 Å². The standard InChI is InChI=1S/C13H17ClN2O3/c1-9-7-16(8-10(6-14)19-9)13(17)11-4-3-5-15-12(11)18-2/h3-5,9-10H,6-8H2,1-2H3. The van der Waals surface area contributed by atoms with Gasteiger partial charge in [-0.2, -0.15) is 0 Å². The van der Waals surface area contributed by atoms with Gasteiger partial charge in [0.05, 0.1) is 25.2 Å². The van der Waals surface area contributed by atoms with Gasteiger partial charge in [0.25, 0.3) is 5.91 Å². The van der Waals surface area contributed by atoms with Crippen molar-refractivity contribution in [3.8, 4) is 5.88 Å². The molecule has 1 amide bonds. The van der Waals surface area contributed by atoms with Crippen molar-refractivity contribution in [2.45, 2.75) is 19.1 Å². The Morgan fingerprint density at radius 3 is 3.11 bits per heavy atom. The molecule has 1 saturated heterocycles. The van der Waals surface area contributed by atoms with Crippen LogP contribution in [-0.4, -0.2) is 54.1 Å². The lowest BCUT2D eigenvalue weighted by atomic mass is 10.1. The van der Waals surface area contributed by atoms with Gasteiger partial charge in [-0.3, -0.25) is 4.79 Å². The first-order valence-corrected chi connectivity index (χ1v) is 6.68. The van der Waals surface area contributed by atoms with Crippen LogP contribution in [0, 0.1) is 0 Å². The zero-order chi connectivity index (χ0) is 13.8. The largest absolute Gasteiger partial charge is 0.480 e. The normalized spacial score (nSPS) is 23.2. The molecule has 0 spiro atoms. The van der Waals surface area contributed by atoms with Crippen LogP contribution in [0.2, 0.25) is 0 Å². The van der Waals surface area contributed by atoms with E-state index in [-0.39, 0.29) is 18.1 Å². The molecule has 2 atom stereocenters. The highest BCUT2D eigenvalue weighted by atomic mass is 35.5. The zero-order valence-electron chi connectivity index (χ0n) is 11.0. The predicted octanol–water partition coefficient (Wildman–Crippen LogP) is 1.56. The minimum atomic E-state index is -0.128. The first-order chi connectivity index (χ1) is 9.15. The second-order valence-electron chi connectivity index (χ2n) is 4.49. The summed E-state index contributed by atoms with van der Waals surface area (Å²) >= 11 is 5.82. The molecule has 1 aliphatic heterocycles. The fraction of sp³-hybridized carbons (Fsp3) is 0.538. The van der Waals surface area contributed by atoms with E-state index >= 15 is 0 Å². The van der Waals surface area contributed by atoms with Crippen molar-refractivity contribution in [3.63, 3.8) is 0 Å². The van der Waals surface area contributed by atoms with Gasteiger partial charge in [-0.15, -0.1) is 11.6 Å². The molecule has 1 aliphatic rings. The second kappa shape index (κ2) is 6.21. The smallest absolute Gasteiger partial charge is 0.259 e. The third kappa shape index (κ3) is 3.16. The maximum atomic E-state index is 12.5. The number of morpholine rings is 1. The molecule has 104 valence electrons. The van der Waals surface area contributed by atoms with Gasteiger partial charge in [-0.25, -0.2) is 4.98 Å². The highest BCUT2D eigenvalue weighted by molar-refractivity contribution is 6.18. The Morgan fingerprint density at radius 1 is 1.63 bits per heavy atom. The van der Waals surface area contributed by atoms with Crippen LogP contribution >= 0.6 is 11.6 Å². The number of ether oxygens (including phenoxy) is 2. The molecule has 1 aromatic rings. The number of nitrogens with zero attached hydrogens (tertiary/aromatic N) is 2. The fourth-order valence-corrected chi connectivity index (χ4v) is 2.35. The fourth-order valence-electron chi connectivity index (χ4n) is 2.18. The maximum absolute atomic E-state index is 12.5. The molecular weight excluding hydrogens is 268 g/mol. The molecule has 0 N–H and O–H groups in total. The summed E-state index contributed by atoms with van der Waals surface area (Å²) in [7, 11) is 1.50. The van der Waals surface area contributed by atoms with Gasteiger partial charge in [0.15, 0.2) is 0 Å². The summed E-state index contributed by atoms with van der Waals surface area (Å²) in [6, 6.07) is 3.43. The third-order valence-corrected chi connectivity index (χ3v) is 3.32. The van der Waals surface area contributed by atoms with Crippen LogP contribution in [0.4, 0.5) is 0 Å². The third-order valence-electron chi connectivity index (χ3n) is 2.98. The lowest BCUT2D eigenvalue weighted by Crippen LogP contribution is -2.49. The molecule has 1 fully saturated rings. The number of hydrogen-bond acceptors (Lipinski definition) is 4. The highest BCUT2D eigenvalue weighted by Crippen LogP contribution is 2.20. The highest BCUT2D eigenvalue weighted by Gasteiger charge is 2.29. The van der Waals surface area contributed by atoms with E-state index < -0.39 is 0 Å². The number of carbonyl (C=O) groups excluding carboxylic acids is 1. The molecular formula is C13H17ClN2O3. The van der Waals surface area contributed by atoms with Gasteiger partial charge < -0.3 is 14.4 Å². The van der Waals surface area contributed by atoms with Gasteiger partial charge in [-0.05, 0) is 19.1 Å². The maximum Gasteiger partial charge on any atom is 0.259 e. The lowest BCUT2D eigenvalue weighted by molar-refractivity contribution is -0.0571. The van der Waals surface area contributed by atoms with Crippen molar-refractivity contribution in [3.05, 3.63) is 23.9 Å². The quantitative estimate of drug-likeness (QED) is 0.791. The van der Waals surface area contributed by atoms with Crippen LogP contribution in [0.15, 0.2) is 18.3 Å². The van der Waals surface area contributed by atoms with Crippen molar-refractivity contribution in [1.29, 1.82) is 0 Å². The van der Waals surface area contributed by atoms with Crippen LogP contribution in [0.5, 0.6) is 5.88 Å². The Balaban J connectivity index is 2.18. The molecule has 1 aromatic heterocycles. The summed E-state index contributed by atoms with van der Waals surface area (Å²) in [6.45, 7) is 2.97. The SMILES string of the molecule is COc1ncccc1C(=O)N1CC(C)OC(CCl)C1. The van der Waals surface area contributed by atoms with Crippen molar-refractivity contribution in [2.75, 3.05) is 26.1 Å². The van der Waals surface area contributed by atoms with Crippen LogP contribution in [-0.2, 0) is 4.74 Å². The minimum absolute atomic E-state index is 0.0240. The van der Waals surface area contributed by atoms with Gasteiger partial charge in [-0.1, -0.05) is 0 Å². The van der Waals surface area contributed by atoms with E-state index in [0.29, 0.717) is 30.4 Å². The molecule has 5 nitrogen and oxygen atoms in total. The van der Waals surface area contributed by atoms with Crippen molar-refractivity contribution in [1.82, 2.24) is 9.88 Å². The van der Waals surface area contributed by atoms with Gasteiger partial charge in [0, 0.05) is 19.3 Å². The molecule has 2 rings (SSSR count). The summed E-state index contributed by atoms with van der Waals surface area (Å²) in [6.07, 6.45) is 1.44. The number of halogens is 1. The molecule has 19 heavy (non-hydrogen) atoms. The molecule has 0 aromatic carbocycles. The molecule has 2 heterocycles. The Labute approximate surface area is 117 Å². The Bertz CT molecular complexity index is 455.